The number of ether oxygens (including phenoxy) is 6. The SMILES string of the molecule is COc1cccc(NC(=O)[C@H]2[C@@H](c3cc(OC)c(OC)c(OC)c3)c3cc4c(cc3[C@@H](O)[C@@H]2CO)OCO4)c1. The molecule has 0 bridgehead atoms. The van der Waals surface area contributed by atoms with E-state index in [-0.39, 0.29) is 12.7 Å². The molecular formula is C29H31NO9. The number of fused-ring (bicyclic) bond motifs is 2. The van der Waals surface area contributed by atoms with E-state index in [0.29, 0.717) is 56.9 Å². The van der Waals surface area contributed by atoms with E-state index in [1.807, 2.05) is 0 Å². The number of methoxy groups -OCH3 is 4. The van der Waals surface area contributed by atoms with Crippen molar-refractivity contribution in [2.45, 2.75) is 12.0 Å². The van der Waals surface area contributed by atoms with Crippen molar-refractivity contribution in [2.24, 2.45) is 11.8 Å². The van der Waals surface area contributed by atoms with Crippen molar-refractivity contribution in [3.05, 3.63) is 65.2 Å². The largest absolute Gasteiger partial charge is 0.497 e. The molecule has 3 aromatic rings. The molecular weight excluding hydrogens is 506 g/mol. The van der Waals surface area contributed by atoms with Gasteiger partial charge in [-0.25, -0.2) is 0 Å². The van der Waals surface area contributed by atoms with Crippen molar-refractivity contribution in [1.29, 1.82) is 0 Å². The Kier molecular flexibility index (Phi) is 7.40. The third-order valence-corrected chi connectivity index (χ3v) is 7.35. The van der Waals surface area contributed by atoms with E-state index in [1.165, 1.54) is 21.3 Å². The van der Waals surface area contributed by atoms with E-state index in [0.717, 1.165) is 0 Å². The van der Waals surface area contributed by atoms with E-state index in [1.54, 1.807) is 55.6 Å². The number of aliphatic hydroxyl groups is 2. The number of aliphatic hydroxyl groups excluding tert-OH is 2. The molecule has 0 saturated heterocycles. The number of hydrogen-bond donors (Lipinski definition) is 3. The lowest BCUT2D eigenvalue weighted by molar-refractivity contribution is -0.125. The van der Waals surface area contributed by atoms with Crippen molar-refractivity contribution in [1.82, 2.24) is 0 Å². The third kappa shape index (κ3) is 4.66. The Bertz CT molecular complexity index is 1350. The Hall–Kier alpha value is -4.15. The zero-order chi connectivity index (χ0) is 27.7. The number of amides is 1. The number of hydrogen-bond acceptors (Lipinski definition) is 9. The zero-order valence-electron chi connectivity index (χ0n) is 22.1. The van der Waals surface area contributed by atoms with Gasteiger partial charge in [0.2, 0.25) is 18.4 Å². The first-order valence-electron chi connectivity index (χ1n) is 12.4. The Labute approximate surface area is 226 Å². The van der Waals surface area contributed by atoms with Crippen molar-refractivity contribution in [3.63, 3.8) is 0 Å². The van der Waals surface area contributed by atoms with Crippen LogP contribution in [0.1, 0.15) is 28.7 Å². The monoisotopic (exact) mass is 537 g/mol. The fraction of sp³-hybridized carbons (Fsp3) is 0.345. The molecule has 0 fully saturated rings. The summed E-state index contributed by atoms with van der Waals surface area (Å²) >= 11 is 0. The average molecular weight is 538 g/mol. The van der Waals surface area contributed by atoms with E-state index in [2.05, 4.69) is 5.32 Å². The molecule has 0 unspecified atom stereocenters. The second-order valence-corrected chi connectivity index (χ2v) is 9.31. The number of carbonyl (C=O) groups excluding carboxylic acids is 1. The van der Waals surface area contributed by atoms with Crippen LogP contribution in [0.4, 0.5) is 5.69 Å². The normalized spacial score (nSPS) is 21.1. The smallest absolute Gasteiger partial charge is 0.231 e. The lowest BCUT2D eigenvalue weighted by atomic mass is 9.64. The summed E-state index contributed by atoms with van der Waals surface area (Å²) in [6.07, 6.45) is -1.14. The highest BCUT2D eigenvalue weighted by molar-refractivity contribution is 5.94. The third-order valence-electron chi connectivity index (χ3n) is 7.35. The van der Waals surface area contributed by atoms with E-state index in [9.17, 15) is 15.0 Å². The molecule has 1 amide bonds. The summed E-state index contributed by atoms with van der Waals surface area (Å²) in [6, 6.07) is 14.0. The molecule has 0 radical (unpaired) electrons. The Balaban J connectivity index is 1.70. The lowest BCUT2D eigenvalue weighted by Crippen LogP contribution is -2.43. The highest BCUT2D eigenvalue weighted by atomic mass is 16.7. The molecule has 39 heavy (non-hydrogen) atoms. The Morgan fingerprint density at radius 3 is 2.18 bits per heavy atom. The van der Waals surface area contributed by atoms with Gasteiger partial charge in [-0.05, 0) is 53.1 Å². The van der Waals surface area contributed by atoms with Crippen molar-refractivity contribution >= 4 is 11.6 Å². The van der Waals surface area contributed by atoms with Crippen molar-refractivity contribution < 1.29 is 43.4 Å². The second-order valence-electron chi connectivity index (χ2n) is 9.31. The maximum Gasteiger partial charge on any atom is 0.231 e. The van der Waals surface area contributed by atoms with Crippen LogP contribution in [0.5, 0.6) is 34.5 Å². The summed E-state index contributed by atoms with van der Waals surface area (Å²) in [5.74, 6) is 0.0500. The summed E-state index contributed by atoms with van der Waals surface area (Å²) in [5.41, 5.74) is 2.39. The average Bonchev–Trinajstić information content (AvgIpc) is 3.43. The molecule has 0 saturated carbocycles. The molecule has 0 aromatic heterocycles. The van der Waals surface area contributed by atoms with Gasteiger partial charge < -0.3 is 44.0 Å². The first kappa shape index (κ1) is 26.5. The highest BCUT2D eigenvalue weighted by Crippen LogP contribution is 2.54. The van der Waals surface area contributed by atoms with Crippen LogP contribution in [-0.4, -0.2) is 58.0 Å². The molecule has 4 atom stereocenters. The summed E-state index contributed by atoms with van der Waals surface area (Å²) in [6.45, 7) is -0.390. The summed E-state index contributed by atoms with van der Waals surface area (Å²) in [7, 11) is 6.09. The maximum absolute atomic E-state index is 14.0. The molecule has 3 aromatic carbocycles. The molecule has 1 heterocycles. The lowest BCUT2D eigenvalue weighted by Gasteiger charge is -2.41. The van der Waals surface area contributed by atoms with Gasteiger partial charge in [0.25, 0.3) is 0 Å². The topological polar surface area (TPSA) is 125 Å². The van der Waals surface area contributed by atoms with Crippen LogP contribution in [0.3, 0.4) is 0 Å². The molecule has 1 aliphatic carbocycles. The minimum Gasteiger partial charge on any atom is -0.497 e. The molecule has 206 valence electrons. The number of carbonyl (C=O) groups is 1. The highest BCUT2D eigenvalue weighted by Gasteiger charge is 2.47. The van der Waals surface area contributed by atoms with Crippen LogP contribution in [-0.2, 0) is 4.79 Å². The number of rotatable bonds is 8. The predicted molar refractivity (Wildman–Crippen MR) is 141 cm³/mol. The van der Waals surface area contributed by atoms with Crippen molar-refractivity contribution in [3.8, 4) is 34.5 Å². The van der Waals surface area contributed by atoms with E-state index >= 15 is 0 Å². The molecule has 0 spiro atoms. The van der Waals surface area contributed by atoms with Crippen LogP contribution >= 0.6 is 0 Å². The quantitative estimate of drug-likeness (QED) is 0.396. The van der Waals surface area contributed by atoms with Crippen LogP contribution in [0.25, 0.3) is 0 Å². The van der Waals surface area contributed by atoms with Gasteiger partial charge >= 0.3 is 0 Å². The predicted octanol–water partition coefficient (Wildman–Crippen LogP) is 3.49. The Morgan fingerprint density at radius 2 is 1.59 bits per heavy atom. The minimum absolute atomic E-state index is 0.0480. The van der Waals surface area contributed by atoms with Crippen LogP contribution in [0, 0.1) is 11.8 Å². The second kappa shape index (κ2) is 10.9. The summed E-state index contributed by atoms with van der Waals surface area (Å²) in [4.78, 5) is 14.0. The zero-order valence-corrected chi connectivity index (χ0v) is 22.1. The van der Waals surface area contributed by atoms with Gasteiger partial charge in [0.15, 0.2) is 23.0 Å². The van der Waals surface area contributed by atoms with Gasteiger partial charge in [-0.15, -0.1) is 0 Å². The van der Waals surface area contributed by atoms with Crippen LogP contribution in [0.2, 0.25) is 0 Å². The first-order chi connectivity index (χ1) is 18.9. The summed E-state index contributed by atoms with van der Waals surface area (Å²) in [5, 5.41) is 24.9. The Morgan fingerprint density at radius 1 is 0.923 bits per heavy atom. The number of benzene rings is 3. The van der Waals surface area contributed by atoms with Gasteiger partial charge in [-0.3, -0.25) is 4.79 Å². The molecule has 10 nitrogen and oxygen atoms in total. The van der Waals surface area contributed by atoms with Gasteiger partial charge in [-0.2, -0.15) is 0 Å². The van der Waals surface area contributed by atoms with Crippen LogP contribution in [0.15, 0.2) is 48.5 Å². The number of nitrogens with one attached hydrogen (secondary N) is 1. The molecule has 3 N–H and O–H groups in total. The van der Waals surface area contributed by atoms with Gasteiger partial charge in [-0.1, -0.05) is 6.07 Å². The number of anilines is 1. The minimum atomic E-state index is -1.14. The summed E-state index contributed by atoms with van der Waals surface area (Å²) < 4.78 is 33.2. The van der Waals surface area contributed by atoms with Crippen molar-refractivity contribution in [2.75, 3.05) is 47.2 Å². The van der Waals surface area contributed by atoms with E-state index in [4.69, 9.17) is 28.4 Å². The fourth-order valence-electron chi connectivity index (χ4n) is 5.52. The fourth-order valence-corrected chi connectivity index (χ4v) is 5.52. The maximum atomic E-state index is 14.0. The van der Waals surface area contributed by atoms with E-state index < -0.39 is 30.5 Å². The molecule has 1 aliphatic heterocycles. The standard InChI is InChI=1S/C29H31NO9/c1-34-17-7-5-6-16(10-17)30-29(33)26-20(13-31)27(32)19-12-22-21(38-14-39-22)11-18(19)25(26)15-8-23(35-2)28(37-4)24(9-15)36-3/h5-12,20,25-27,31-32H,13-14H2,1-4H3,(H,30,33)/t20-,25+,26-,27-/m1/s1. The van der Waals surface area contributed by atoms with Crippen LogP contribution < -0.4 is 33.7 Å². The van der Waals surface area contributed by atoms with Gasteiger partial charge in [0, 0.05) is 30.2 Å². The van der Waals surface area contributed by atoms with Gasteiger partial charge in [0.1, 0.15) is 5.75 Å². The molecule has 5 rings (SSSR count). The molecule has 2 aliphatic rings. The first-order valence-corrected chi connectivity index (χ1v) is 12.4. The van der Waals surface area contributed by atoms with Gasteiger partial charge in [0.05, 0.1) is 40.5 Å². The molecule has 10 heteroatoms.